The predicted molar refractivity (Wildman–Crippen MR) is 92.2 cm³/mol. The largest absolute Gasteiger partial charge is 0.338 e. The Balaban J connectivity index is 1.51. The molecule has 2 aromatic rings. The number of fused-ring (bicyclic) bond motifs is 1. The smallest absolute Gasteiger partial charge is 0.321 e. The van der Waals surface area contributed by atoms with Crippen molar-refractivity contribution in [3.05, 3.63) is 46.2 Å². The summed E-state index contributed by atoms with van der Waals surface area (Å²) < 4.78 is 1.98. The van der Waals surface area contributed by atoms with Gasteiger partial charge in [-0.3, -0.25) is 9.58 Å². The van der Waals surface area contributed by atoms with E-state index in [0.29, 0.717) is 13.1 Å². The number of aryl methyl sites for hydroxylation is 3. The number of nitrogens with zero attached hydrogens (tertiary/aromatic N) is 3. The lowest BCUT2D eigenvalue weighted by atomic mass is 10.2. The number of hydrogen-bond donors (Lipinski definition) is 1. The molecule has 0 aliphatic carbocycles. The minimum absolute atomic E-state index is 0.0561. The first-order valence-corrected chi connectivity index (χ1v) is 8.28. The van der Waals surface area contributed by atoms with E-state index in [0.717, 1.165) is 47.0 Å². The van der Waals surface area contributed by atoms with Crippen molar-refractivity contribution in [2.45, 2.75) is 33.2 Å². The van der Waals surface area contributed by atoms with Gasteiger partial charge < -0.3 is 5.32 Å². The highest BCUT2D eigenvalue weighted by atomic mass is 35.5. The topological polar surface area (TPSA) is 50.2 Å². The van der Waals surface area contributed by atoms with Crippen LogP contribution >= 0.6 is 11.6 Å². The number of urea groups is 1. The van der Waals surface area contributed by atoms with Gasteiger partial charge in [0.1, 0.15) is 0 Å². The van der Waals surface area contributed by atoms with Crippen molar-refractivity contribution in [2.75, 3.05) is 18.0 Å². The molecule has 122 valence electrons. The van der Waals surface area contributed by atoms with Crippen LogP contribution in [-0.4, -0.2) is 28.9 Å². The van der Waals surface area contributed by atoms with E-state index in [1.165, 1.54) is 0 Å². The zero-order valence-corrected chi connectivity index (χ0v) is 14.2. The van der Waals surface area contributed by atoms with Crippen LogP contribution in [0, 0.1) is 13.8 Å². The molecule has 0 saturated heterocycles. The number of rotatable bonds is 4. The van der Waals surface area contributed by atoms with Gasteiger partial charge in [-0.25, -0.2) is 4.79 Å². The Morgan fingerprint density at radius 2 is 2.22 bits per heavy atom. The van der Waals surface area contributed by atoms with Crippen LogP contribution in [0.4, 0.5) is 10.5 Å². The Morgan fingerprint density at radius 3 is 2.96 bits per heavy atom. The molecule has 0 bridgehead atoms. The Morgan fingerprint density at radius 1 is 1.39 bits per heavy atom. The van der Waals surface area contributed by atoms with E-state index >= 15 is 0 Å². The first-order valence-electron chi connectivity index (χ1n) is 7.90. The summed E-state index contributed by atoms with van der Waals surface area (Å²) in [5, 5.41) is 8.15. The highest BCUT2D eigenvalue weighted by molar-refractivity contribution is 6.32. The SMILES string of the molecule is Cc1cc(C)n(CCCNC(=O)N2CCc3c(Cl)cccc32)n1. The molecule has 0 unspecified atom stereocenters. The van der Waals surface area contributed by atoms with Gasteiger partial charge in [-0.15, -0.1) is 0 Å². The standard InChI is InChI=1S/C17H21ClN4O/c1-12-11-13(2)22(20-12)9-4-8-19-17(23)21-10-7-14-15(18)5-3-6-16(14)21/h3,5-6,11H,4,7-10H2,1-2H3,(H,19,23). The van der Waals surface area contributed by atoms with Crippen molar-refractivity contribution in [3.8, 4) is 0 Å². The molecule has 0 fully saturated rings. The molecule has 1 aromatic heterocycles. The maximum atomic E-state index is 12.4. The van der Waals surface area contributed by atoms with Crippen molar-refractivity contribution in [1.82, 2.24) is 15.1 Å². The van der Waals surface area contributed by atoms with Gasteiger partial charge in [0.15, 0.2) is 0 Å². The lowest BCUT2D eigenvalue weighted by Crippen LogP contribution is -2.39. The number of carbonyl (C=O) groups excluding carboxylic acids is 1. The molecule has 1 aliphatic heterocycles. The molecular weight excluding hydrogens is 312 g/mol. The molecule has 0 spiro atoms. The van der Waals surface area contributed by atoms with Crippen LogP contribution in [0.1, 0.15) is 23.4 Å². The van der Waals surface area contributed by atoms with Gasteiger partial charge in [0.25, 0.3) is 0 Å². The molecule has 0 radical (unpaired) electrons. The maximum Gasteiger partial charge on any atom is 0.321 e. The summed E-state index contributed by atoms with van der Waals surface area (Å²) in [6.07, 6.45) is 1.66. The van der Waals surface area contributed by atoms with Crippen LogP contribution in [-0.2, 0) is 13.0 Å². The van der Waals surface area contributed by atoms with Gasteiger partial charge in [-0.2, -0.15) is 5.10 Å². The Kier molecular flexibility index (Phi) is 4.57. The monoisotopic (exact) mass is 332 g/mol. The van der Waals surface area contributed by atoms with Crippen molar-refractivity contribution in [3.63, 3.8) is 0 Å². The van der Waals surface area contributed by atoms with Gasteiger partial charge in [0.05, 0.1) is 11.4 Å². The molecule has 23 heavy (non-hydrogen) atoms. The van der Waals surface area contributed by atoms with Crippen molar-refractivity contribution in [2.24, 2.45) is 0 Å². The molecule has 3 rings (SSSR count). The normalized spacial score (nSPS) is 13.3. The molecule has 5 nitrogen and oxygen atoms in total. The van der Waals surface area contributed by atoms with Crippen molar-refractivity contribution in [1.29, 1.82) is 0 Å². The van der Waals surface area contributed by atoms with Gasteiger partial charge in [0.2, 0.25) is 0 Å². The lowest BCUT2D eigenvalue weighted by molar-refractivity contribution is 0.246. The molecule has 1 aromatic carbocycles. The highest BCUT2D eigenvalue weighted by Gasteiger charge is 2.25. The van der Waals surface area contributed by atoms with E-state index in [1.54, 1.807) is 4.90 Å². The summed E-state index contributed by atoms with van der Waals surface area (Å²) in [5.41, 5.74) is 4.16. The number of nitrogens with one attached hydrogen (secondary N) is 1. The molecule has 2 heterocycles. The van der Waals surface area contributed by atoms with E-state index in [2.05, 4.69) is 16.5 Å². The highest BCUT2D eigenvalue weighted by Crippen LogP contribution is 2.33. The third kappa shape index (κ3) is 3.34. The molecule has 0 saturated carbocycles. The third-order valence-corrected chi connectivity index (χ3v) is 4.50. The number of hydrogen-bond acceptors (Lipinski definition) is 2. The predicted octanol–water partition coefficient (Wildman–Crippen LogP) is 3.32. The quantitative estimate of drug-likeness (QED) is 0.873. The Hall–Kier alpha value is -2.01. The van der Waals surface area contributed by atoms with E-state index < -0.39 is 0 Å². The average Bonchev–Trinajstić information content (AvgIpc) is 3.08. The molecular formula is C17H21ClN4O. The van der Waals surface area contributed by atoms with E-state index in [1.807, 2.05) is 36.7 Å². The van der Waals surface area contributed by atoms with E-state index in [4.69, 9.17) is 11.6 Å². The van der Waals surface area contributed by atoms with Crippen LogP contribution in [0.5, 0.6) is 0 Å². The van der Waals surface area contributed by atoms with Crippen LogP contribution in [0.3, 0.4) is 0 Å². The number of carbonyl (C=O) groups is 1. The fourth-order valence-corrected chi connectivity index (χ4v) is 3.29. The summed E-state index contributed by atoms with van der Waals surface area (Å²) in [6.45, 7) is 6.15. The summed E-state index contributed by atoms with van der Waals surface area (Å²) in [4.78, 5) is 14.1. The molecule has 1 N–H and O–H groups in total. The Bertz CT molecular complexity index is 725. The van der Waals surface area contributed by atoms with Crippen LogP contribution in [0.15, 0.2) is 24.3 Å². The van der Waals surface area contributed by atoms with E-state index in [9.17, 15) is 4.79 Å². The summed E-state index contributed by atoms with van der Waals surface area (Å²) >= 11 is 6.18. The molecule has 0 atom stereocenters. The second-order valence-corrected chi connectivity index (χ2v) is 6.28. The number of anilines is 1. The summed E-state index contributed by atoms with van der Waals surface area (Å²) in [5.74, 6) is 0. The van der Waals surface area contributed by atoms with Crippen LogP contribution < -0.4 is 10.2 Å². The van der Waals surface area contributed by atoms with Crippen molar-refractivity contribution < 1.29 is 4.79 Å². The van der Waals surface area contributed by atoms with Crippen LogP contribution in [0.25, 0.3) is 0 Å². The summed E-state index contributed by atoms with van der Waals surface area (Å²) in [6, 6.07) is 7.71. The second kappa shape index (κ2) is 6.62. The Labute approximate surface area is 141 Å². The second-order valence-electron chi connectivity index (χ2n) is 5.87. The van der Waals surface area contributed by atoms with E-state index in [-0.39, 0.29) is 6.03 Å². The number of halogens is 1. The third-order valence-electron chi connectivity index (χ3n) is 4.14. The van der Waals surface area contributed by atoms with Gasteiger partial charge >= 0.3 is 6.03 Å². The van der Waals surface area contributed by atoms with Gasteiger partial charge in [-0.05, 0) is 50.5 Å². The number of amides is 2. The first-order chi connectivity index (χ1) is 11.1. The number of benzene rings is 1. The first kappa shape index (κ1) is 15.9. The molecule has 2 amide bonds. The minimum atomic E-state index is -0.0561. The molecule has 6 heteroatoms. The lowest BCUT2D eigenvalue weighted by Gasteiger charge is -2.18. The average molecular weight is 333 g/mol. The molecule has 1 aliphatic rings. The minimum Gasteiger partial charge on any atom is -0.338 e. The fraction of sp³-hybridized carbons (Fsp3) is 0.412. The zero-order valence-electron chi connectivity index (χ0n) is 13.5. The van der Waals surface area contributed by atoms with Gasteiger partial charge in [0, 0.05) is 30.4 Å². The van der Waals surface area contributed by atoms with Crippen molar-refractivity contribution >= 4 is 23.3 Å². The number of aromatic nitrogens is 2. The zero-order chi connectivity index (χ0) is 16.4. The van der Waals surface area contributed by atoms with Gasteiger partial charge in [-0.1, -0.05) is 17.7 Å². The fourth-order valence-electron chi connectivity index (χ4n) is 3.02. The maximum absolute atomic E-state index is 12.4. The summed E-state index contributed by atoms with van der Waals surface area (Å²) in [7, 11) is 0. The van der Waals surface area contributed by atoms with Crippen LogP contribution in [0.2, 0.25) is 5.02 Å².